The van der Waals surface area contributed by atoms with E-state index >= 15 is 0 Å². The molecule has 1 fully saturated rings. The number of hydrogen-bond acceptors (Lipinski definition) is 4. The molecule has 0 aromatic heterocycles. The molecule has 1 aliphatic rings. The van der Waals surface area contributed by atoms with Gasteiger partial charge >= 0.3 is 0 Å². The smallest absolute Gasteiger partial charge is 0.150 e. The molecule has 0 aromatic rings. The monoisotopic (exact) mass is 247 g/mol. The minimum atomic E-state index is -2.86. The van der Waals surface area contributed by atoms with E-state index in [1.807, 2.05) is 0 Å². The molecule has 1 unspecified atom stereocenters. The number of rotatable bonds is 6. The molecule has 1 saturated heterocycles. The fourth-order valence-corrected chi connectivity index (χ4v) is 2.94. The fourth-order valence-electron chi connectivity index (χ4n) is 2.08. The maximum Gasteiger partial charge on any atom is 0.150 e. The summed E-state index contributed by atoms with van der Waals surface area (Å²) in [5.41, 5.74) is 0. The van der Waals surface area contributed by atoms with Crippen molar-refractivity contribution in [1.29, 1.82) is 0 Å². The van der Waals surface area contributed by atoms with E-state index in [-0.39, 0.29) is 17.5 Å². The van der Waals surface area contributed by atoms with Crippen molar-refractivity contribution in [2.45, 2.75) is 38.6 Å². The third kappa shape index (κ3) is 4.22. The molecule has 0 bridgehead atoms. The second-order valence-electron chi connectivity index (χ2n) is 4.33. The van der Waals surface area contributed by atoms with Gasteiger partial charge in [0.25, 0.3) is 0 Å². The molecule has 0 N–H and O–H groups in total. The predicted octanol–water partition coefficient (Wildman–Crippen LogP) is 0.865. The summed E-state index contributed by atoms with van der Waals surface area (Å²) in [6.07, 6.45) is 4.77. The van der Waals surface area contributed by atoms with Gasteiger partial charge in [-0.1, -0.05) is 13.3 Å². The highest BCUT2D eigenvalue weighted by Crippen LogP contribution is 2.15. The molecule has 1 aliphatic heterocycles. The molecular weight excluding hydrogens is 226 g/mol. The average Bonchev–Trinajstić information content (AvgIpc) is 2.29. The van der Waals surface area contributed by atoms with Crippen molar-refractivity contribution in [2.75, 3.05) is 24.6 Å². The lowest BCUT2D eigenvalue weighted by atomic mass is 10.0. The second kappa shape index (κ2) is 6.35. The van der Waals surface area contributed by atoms with E-state index in [1.165, 1.54) is 0 Å². The van der Waals surface area contributed by atoms with E-state index in [4.69, 9.17) is 0 Å². The Balaban J connectivity index is 2.33. The van der Waals surface area contributed by atoms with Crippen molar-refractivity contribution >= 4 is 16.1 Å². The molecule has 0 spiro atoms. The maximum absolute atomic E-state index is 11.3. The Kier molecular flexibility index (Phi) is 5.41. The highest BCUT2D eigenvalue weighted by molar-refractivity contribution is 7.91. The van der Waals surface area contributed by atoms with E-state index < -0.39 is 9.84 Å². The summed E-state index contributed by atoms with van der Waals surface area (Å²) < 4.78 is 22.6. The number of aldehydes is 1. The molecule has 4 nitrogen and oxygen atoms in total. The van der Waals surface area contributed by atoms with Crippen molar-refractivity contribution in [3.05, 3.63) is 0 Å². The number of carbonyl (C=O) groups excluding carboxylic acids is 1. The SMILES string of the molecule is CCS(=O)(=O)CCCN1CCCCC1C=O. The van der Waals surface area contributed by atoms with Crippen LogP contribution in [-0.4, -0.2) is 50.2 Å². The normalized spacial score (nSPS) is 23.2. The number of nitrogens with zero attached hydrogens (tertiary/aromatic N) is 1. The van der Waals surface area contributed by atoms with Crippen LogP contribution in [0, 0.1) is 0 Å². The van der Waals surface area contributed by atoms with Crippen LogP contribution in [0.3, 0.4) is 0 Å². The molecule has 0 aliphatic carbocycles. The minimum absolute atomic E-state index is 0.0121. The first-order chi connectivity index (χ1) is 7.59. The number of carbonyl (C=O) groups is 1. The maximum atomic E-state index is 11.3. The van der Waals surface area contributed by atoms with Crippen LogP contribution in [-0.2, 0) is 14.6 Å². The summed E-state index contributed by atoms with van der Waals surface area (Å²) in [6.45, 7) is 3.32. The van der Waals surface area contributed by atoms with Gasteiger partial charge in [-0.25, -0.2) is 8.42 Å². The van der Waals surface area contributed by atoms with Crippen molar-refractivity contribution in [1.82, 2.24) is 4.90 Å². The summed E-state index contributed by atoms with van der Waals surface area (Å²) in [7, 11) is -2.86. The van der Waals surface area contributed by atoms with Gasteiger partial charge in [0.05, 0.1) is 11.8 Å². The van der Waals surface area contributed by atoms with Gasteiger partial charge in [0.1, 0.15) is 16.1 Å². The Morgan fingerprint density at radius 2 is 2.12 bits per heavy atom. The van der Waals surface area contributed by atoms with E-state index in [9.17, 15) is 13.2 Å². The molecule has 0 aromatic carbocycles. The Labute approximate surface area is 97.9 Å². The molecule has 0 saturated carbocycles. The third-order valence-electron chi connectivity index (χ3n) is 3.16. The van der Waals surface area contributed by atoms with Gasteiger partial charge in [-0.15, -0.1) is 0 Å². The summed E-state index contributed by atoms with van der Waals surface area (Å²) in [4.78, 5) is 12.9. The van der Waals surface area contributed by atoms with Crippen LogP contribution in [0.15, 0.2) is 0 Å². The molecule has 1 rings (SSSR count). The first-order valence-corrected chi connectivity index (χ1v) is 7.81. The zero-order valence-corrected chi connectivity index (χ0v) is 10.7. The largest absolute Gasteiger partial charge is 0.302 e. The average molecular weight is 247 g/mol. The van der Waals surface area contributed by atoms with E-state index in [0.29, 0.717) is 6.42 Å². The molecule has 0 amide bonds. The number of piperidine rings is 1. The van der Waals surface area contributed by atoms with Crippen molar-refractivity contribution in [2.24, 2.45) is 0 Å². The van der Waals surface area contributed by atoms with Crippen LogP contribution in [0.5, 0.6) is 0 Å². The Bertz CT molecular complexity index is 313. The topological polar surface area (TPSA) is 54.5 Å². The van der Waals surface area contributed by atoms with Crippen LogP contribution in [0.2, 0.25) is 0 Å². The van der Waals surface area contributed by atoms with Gasteiger partial charge in [0.2, 0.25) is 0 Å². The highest BCUT2D eigenvalue weighted by Gasteiger charge is 2.21. The van der Waals surface area contributed by atoms with Crippen LogP contribution < -0.4 is 0 Å². The van der Waals surface area contributed by atoms with Crippen LogP contribution in [0.25, 0.3) is 0 Å². The van der Waals surface area contributed by atoms with Crippen LogP contribution in [0.1, 0.15) is 32.6 Å². The van der Waals surface area contributed by atoms with Gasteiger partial charge in [-0.2, -0.15) is 0 Å². The van der Waals surface area contributed by atoms with E-state index in [1.54, 1.807) is 6.92 Å². The van der Waals surface area contributed by atoms with Gasteiger partial charge in [0.15, 0.2) is 0 Å². The molecule has 1 atom stereocenters. The number of hydrogen-bond donors (Lipinski definition) is 0. The van der Waals surface area contributed by atoms with Gasteiger partial charge in [-0.3, -0.25) is 4.90 Å². The van der Waals surface area contributed by atoms with Gasteiger partial charge in [-0.05, 0) is 32.4 Å². The summed E-state index contributed by atoms with van der Waals surface area (Å²) in [5.74, 6) is 0.454. The lowest BCUT2D eigenvalue weighted by Crippen LogP contribution is -2.41. The Morgan fingerprint density at radius 3 is 2.75 bits per heavy atom. The molecule has 0 radical (unpaired) electrons. The first kappa shape index (κ1) is 13.6. The standard InChI is InChI=1S/C11H21NO3S/c1-2-16(14,15)9-5-8-12-7-4-3-6-11(12)10-13/h10-11H,2-9H2,1H3. The first-order valence-electron chi connectivity index (χ1n) is 5.99. The third-order valence-corrected chi connectivity index (χ3v) is 4.95. The van der Waals surface area contributed by atoms with Gasteiger partial charge < -0.3 is 4.79 Å². The molecule has 5 heteroatoms. The van der Waals surface area contributed by atoms with Gasteiger partial charge in [0, 0.05) is 5.75 Å². The fraction of sp³-hybridized carbons (Fsp3) is 0.909. The van der Waals surface area contributed by atoms with E-state index in [2.05, 4.69) is 4.90 Å². The highest BCUT2D eigenvalue weighted by atomic mass is 32.2. The lowest BCUT2D eigenvalue weighted by Gasteiger charge is -2.32. The van der Waals surface area contributed by atoms with Crippen molar-refractivity contribution in [3.8, 4) is 0 Å². The minimum Gasteiger partial charge on any atom is -0.302 e. The predicted molar refractivity (Wildman–Crippen MR) is 64.2 cm³/mol. The Morgan fingerprint density at radius 1 is 1.38 bits per heavy atom. The second-order valence-corrected chi connectivity index (χ2v) is 6.80. The number of likely N-dealkylation sites (tertiary alicyclic amines) is 1. The summed E-state index contributed by atoms with van der Waals surface area (Å²) in [6, 6.07) is 0.0121. The molecule has 16 heavy (non-hydrogen) atoms. The zero-order chi connectivity index (χ0) is 12.0. The molecular formula is C11H21NO3S. The molecule has 1 heterocycles. The Hall–Kier alpha value is -0.420. The van der Waals surface area contributed by atoms with Crippen LogP contribution in [0.4, 0.5) is 0 Å². The van der Waals surface area contributed by atoms with Crippen LogP contribution >= 0.6 is 0 Å². The number of sulfone groups is 1. The summed E-state index contributed by atoms with van der Waals surface area (Å²) in [5, 5.41) is 0. The lowest BCUT2D eigenvalue weighted by molar-refractivity contribution is -0.113. The van der Waals surface area contributed by atoms with E-state index in [0.717, 1.165) is 38.6 Å². The zero-order valence-electron chi connectivity index (χ0n) is 9.89. The summed E-state index contributed by atoms with van der Waals surface area (Å²) >= 11 is 0. The van der Waals surface area contributed by atoms with Crippen molar-refractivity contribution < 1.29 is 13.2 Å². The molecule has 94 valence electrons. The quantitative estimate of drug-likeness (QED) is 0.653. The van der Waals surface area contributed by atoms with Crippen molar-refractivity contribution in [3.63, 3.8) is 0 Å².